The Bertz CT molecular complexity index is 3690. The average Bonchev–Trinajstić information content (AvgIpc) is 3.44. The first kappa shape index (κ1) is 73.4. The summed E-state index contributed by atoms with van der Waals surface area (Å²) >= 11 is 29.4. The average molecular weight is 1800 g/mol. The molecule has 12 aromatic rings. The molecular formula is C66H60N12Pt3S6. The van der Waals surface area contributed by atoms with E-state index >= 15 is 0 Å². The summed E-state index contributed by atoms with van der Waals surface area (Å²) in [7, 11) is 0. The van der Waals surface area contributed by atoms with Crippen LogP contribution in [0, 0.1) is 27.7 Å². The van der Waals surface area contributed by atoms with Gasteiger partial charge in [0.25, 0.3) is 0 Å². The molecule has 12 nitrogen and oxygen atoms in total. The molecule has 0 unspecified atom stereocenters. The third-order valence-electron chi connectivity index (χ3n) is 12.2. The Kier molecular flexibility index (Phi) is 29.2. The van der Waals surface area contributed by atoms with Gasteiger partial charge >= 0.3 is 63.2 Å². The molecule has 0 N–H and O–H groups in total. The van der Waals surface area contributed by atoms with E-state index in [0.29, 0.717) is 30.2 Å². The van der Waals surface area contributed by atoms with E-state index in [9.17, 15) is 0 Å². The van der Waals surface area contributed by atoms with Gasteiger partial charge in [-0.15, -0.1) is 0 Å². The van der Waals surface area contributed by atoms with Gasteiger partial charge in [0.1, 0.15) is 0 Å². The molecule has 12 rings (SSSR count). The van der Waals surface area contributed by atoms with E-state index in [-0.39, 0.29) is 74.0 Å². The van der Waals surface area contributed by atoms with Crippen LogP contribution in [-0.4, -0.2) is 59.8 Å². The second-order valence-corrected chi connectivity index (χ2v) is 23.5. The second-order valence-electron chi connectivity index (χ2n) is 21.2. The zero-order valence-corrected chi connectivity index (χ0v) is 60.8. The summed E-state index contributed by atoms with van der Waals surface area (Å²) in [5.74, 6) is 0. The molecule has 0 amide bonds. The van der Waals surface area contributed by atoms with Gasteiger partial charge in [-0.1, -0.05) is 120 Å². The monoisotopic (exact) mass is 1800 g/mol. The SMILES string of the molecule is CC(C)(C)c1ccnc(-c2cc(C(C)(C)C)ccn2)c1.Cc1ccc(-c2ccc(C)cn2)nc1.Cc1ccnc(-c2cc(C)ccn2)c1.[Pt+2].[Pt+2].[Pt+2].[S-]c1nc2ccccc2nc1[S-].[S-]c1nc2ccccc2nc1[S-].[S-]c1nc2ccccc2nc1[S-]. The first-order valence-electron chi connectivity index (χ1n) is 26.5. The van der Waals surface area contributed by atoms with Gasteiger partial charge < -0.3 is 75.8 Å². The van der Waals surface area contributed by atoms with Gasteiger partial charge in [-0.2, -0.15) is 0 Å². The summed E-state index contributed by atoms with van der Waals surface area (Å²) in [6, 6.07) is 47.2. The molecule has 0 radical (unpaired) electrons. The van der Waals surface area contributed by atoms with E-state index < -0.39 is 0 Å². The van der Waals surface area contributed by atoms with Crippen molar-refractivity contribution in [2.75, 3.05) is 0 Å². The van der Waals surface area contributed by atoms with Gasteiger partial charge in [0, 0.05) is 37.2 Å². The molecule has 87 heavy (non-hydrogen) atoms. The van der Waals surface area contributed by atoms with Gasteiger partial charge in [-0.3, -0.25) is 59.8 Å². The molecular weight excluding hydrogens is 1740 g/mol. The standard InChI is InChI=1S/C18H24N2.2C12H12N2.3C8H6N2S2.3Pt/c1-17(2,3)13-7-9-19-15(11-13)16-12-14(8-10-20-16)18(4,5)6;1-9-3-5-13-11(7-9)12-8-10(2)4-6-14-12;1-9-3-5-11(13-7-9)12-6-4-10(2)8-14-12;3*11-7-8(12)10-6-4-2-1-3-5(6)9-7;;;/h7-12H,1-6H3;2*3-8H,1-2H3;3*1-4H,(H,9,11)(H,10,12);;;/q;;;;;;3*+2/p-6. The number of aromatic nitrogens is 12. The summed E-state index contributed by atoms with van der Waals surface area (Å²) in [5, 5.41) is 2.44. The fourth-order valence-corrected chi connectivity index (χ4v) is 8.43. The number of nitrogens with zero attached hydrogens (tertiary/aromatic N) is 12. The molecule has 9 aromatic heterocycles. The van der Waals surface area contributed by atoms with Gasteiger partial charge in [0.05, 0.1) is 67.3 Å². The second kappa shape index (κ2) is 34.6. The Morgan fingerprint density at radius 1 is 0.264 bits per heavy atom. The van der Waals surface area contributed by atoms with E-state index in [1.807, 2.05) is 172 Å². The zero-order valence-electron chi connectivity index (χ0n) is 49.1. The van der Waals surface area contributed by atoms with Crippen molar-refractivity contribution in [1.82, 2.24) is 59.8 Å². The number of para-hydroxylation sites is 6. The Labute approximate surface area is 586 Å². The summed E-state index contributed by atoms with van der Waals surface area (Å²) in [4.78, 5) is 50.9. The van der Waals surface area contributed by atoms with E-state index in [1.54, 1.807) is 0 Å². The summed E-state index contributed by atoms with van der Waals surface area (Å²) < 4.78 is 0. The van der Waals surface area contributed by atoms with Crippen LogP contribution in [0.25, 0.3) is 67.3 Å². The van der Waals surface area contributed by atoms with Crippen LogP contribution >= 0.6 is 0 Å². The molecule has 0 fully saturated rings. The molecule has 0 aliphatic heterocycles. The largest absolute Gasteiger partial charge is 2.00 e. The molecule has 3 aromatic carbocycles. The maximum atomic E-state index is 4.90. The Balaban J connectivity index is 0.000000224. The molecule has 21 heteroatoms. The Morgan fingerprint density at radius 3 is 0.724 bits per heavy atom. The predicted molar refractivity (Wildman–Crippen MR) is 351 cm³/mol. The molecule has 0 bridgehead atoms. The first-order chi connectivity index (χ1) is 40.0. The van der Waals surface area contributed by atoms with E-state index in [0.717, 1.165) is 67.3 Å². The van der Waals surface area contributed by atoms with Crippen LogP contribution in [0.15, 0.2) is 213 Å². The molecule has 0 aliphatic carbocycles. The predicted octanol–water partition coefficient (Wildman–Crippen LogP) is 14.6. The molecule has 0 saturated carbocycles. The minimum absolute atomic E-state index is 0. The quantitative estimate of drug-likeness (QED) is 0.154. The van der Waals surface area contributed by atoms with Crippen LogP contribution in [0.1, 0.15) is 74.9 Å². The zero-order chi connectivity index (χ0) is 60.6. The fourth-order valence-electron chi connectivity index (χ4n) is 7.57. The first-order valence-corrected chi connectivity index (χ1v) is 28.9. The van der Waals surface area contributed by atoms with Crippen LogP contribution in [0.4, 0.5) is 0 Å². The third-order valence-corrected chi connectivity index (χ3v) is 14.3. The van der Waals surface area contributed by atoms with Crippen molar-refractivity contribution in [2.24, 2.45) is 0 Å². The van der Waals surface area contributed by atoms with Crippen LogP contribution < -0.4 is 0 Å². The minimum atomic E-state index is 0. The van der Waals surface area contributed by atoms with Crippen molar-refractivity contribution >= 4 is 109 Å². The van der Waals surface area contributed by atoms with Crippen molar-refractivity contribution in [3.05, 3.63) is 216 Å². The molecule has 0 spiro atoms. The van der Waals surface area contributed by atoms with Gasteiger partial charge in [0.15, 0.2) is 0 Å². The van der Waals surface area contributed by atoms with Crippen molar-refractivity contribution in [3.63, 3.8) is 0 Å². The number of pyridine rings is 6. The van der Waals surface area contributed by atoms with Crippen LogP contribution in [0.2, 0.25) is 0 Å². The molecule has 450 valence electrons. The number of benzene rings is 3. The number of hydrogen-bond acceptors (Lipinski definition) is 18. The smallest absolute Gasteiger partial charge is 0.760 e. The summed E-state index contributed by atoms with van der Waals surface area (Å²) in [6.45, 7) is 21.4. The molecule has 0 saturated heterocycles. The normalized spacial score (nSPS) is 10.4. The van der Waals surface area contributed by atoms with Crippen LogP contribution in [0.5, 0.6) is 0 Å². The van der Waals surface area contributed by atoms with Gasteiger partial charge in [0.2, 0.25) is 0 Å². The van der Waals surface area contributed by atoms with Crippen molar-refractivity contribution in [3.8, 4) is 34.2 Å². The van der Waals surface area contributed by atoms with Crippen LogP contribution in [-0.2, 0) is 150 Å². The van der Waals surface area contributed by atoms with Crippen molar-refractivity contribution in [1.29, 1.82) is 0 Å². The summed E-state index contributed by atoms with van der Waals surface area (Å²) in [5.41, 5.74) is 18.0. The summed E-state index contributed by atoms with van der Waals surface area (Å²) in [6.07, 6.45) is 11.1. The maximum absolute atomic E-state index is 4.90. The molecule has 9 heterocycles. The van der Waals surface area contributed by atoms with Crippen LogP contribution in [0.3, 0.4) is 0 Å². The Morgan fingerprint density at radius 2 is 0.506 bits per heavy atom. The molecule has 0 aliphatic rings. The minimum Gasteiger partial charge on any atom is -0.760 e. The third kappa shape index (κ3) is 22.5. The Hall–Kier alpha value is -6.04. The number of rotatable bonds is 3. The number of fused-ring (bicyclic) bond motifs is 3. The number of hydrogen-bond donors (Lipinski definition) is 0. The van der Waals surface area contributed by atoms with Gasteiger partial charge in [-0.25, -0.2) is 0 Å². The van der Waals surface area contributed by atoms with E-state index in [1.165, 1.54) is 33.4 Å². The van der Waals surface area contributed by atoms with Gasteiger partial charge in [-0.05, 0) is 169 Å². The van der Waals surface area contributed by atoms with Crippen molar-refractivity contribution < 1.29 is 63.2 Å². The fraction of sp³-hybridized carbons (Fsp3) is 0.182. The van der Waals surface area contributed by atoms with Crippen molar-refractivity contribution in [2.45, 2.75) is 110 Å². The van der Waals surface area contributed by atoms with E-state index in [4.69, 9.17) is 75.8 Å². The number of aryl methyl sites for hydroxylation is 4. The maximum Gasteiger partial charge on any atom is 2.00 e. The van der Waals surface area contributed by atoms with E-state index in [2.05, 4.69) is 139 Å². The molecule has 0 atom stereocenters. The topological polar surface area (TPSA) is 155 Å².